The highest BCUT2D eigenvalue weighted by atomic mass is 16.6. The minimum atomic E-state index is -0.759. The smallest absolute Gasteiger partial charge is 0.306 e. The first kappa shape index (κ1) is 52.4. The number of esters is 3. The van der Waals surface area contributed by atoms with Gasteiger partial charge in [-0.05, 0) is 25.2 Å². The van der Waals surface area contributed by atoms with Gasteiger partial charge in [0.15, 0.2) is 6.10 Å². The SMILES string of the molecule is CCCCCCCCCCCCCCCCCCCCCC(=O)OC[C@@H](COC(=O)CCCCCCCCC)OC(=O)CCCCCCCCCC(C)C. The van der Waals surface area contributed by atoms with Crippen molar-refractivity contribution in [2.45, 2.75) is 271 Å². The lowest BCUT2D eigenvalue weighted by atomic mass is 10.0. The lowest BCUT2D eigenvalue weighted by Gasteiger charge is -2.18. The fraction of sp³-hybridized carbons (Fsp3) is 0.938. The summed E-state index contributed by atoms with van der Waals surface area (Å²) < 4.78 is 16.7. The van der Waals surface area contributed by atoms with Gasteiger partial charge in [0.25, 0.3) is 0 Å². The van der Waals surface area contributed by atoms with E-state index < -0.39 is 6.10 Å². The monoisotopic (exact) mass is 765 g/mol. The Labute approximate surface area is 336 Å². The molecule has 0 radical (unpaired) electrons. The van der Waals surface area contributed by atoms with E-state index in [-0.39, 0.29) is 31.1 Å². The number of carbonyl (C=O) groups excluding carboxylic acids is 3. The second-order valence-corrected chi connectivity index (χ2v) is 16.9. The zero-order valence-electron chi connectivity index (χ0n) is 36.7. The first-order valence-electron chi connectivity index (χ1n) is 23.9. The highest BCUT2D eigenvalue weighted by Gasteiger charge is 2.19. The molecule has 0 aromatic heterocycles. The lowest BCUT2D eigenvalue weighted by molar-refractivity contribution is -0.167. The number of hydrogen-bond donors (Lipinski definition) is 0. The number of hydrogen-bond acceptors (Lipinski definition) is 6. The molecule has 0 saturated carbocycles. The van der Waals surface area contributed by atoms with Crippen molar-refractivity contribution in [3.8, 4) is 0 Å². The maximum Gasteiger partial charge on any atom is 0.306 e. The molecule has 54 heavy (non-hydrogen) atoms. The van der Waals surface area contributed by atoms with E-state index in [4.69, 9.17) is 14.2 Å². The minimum Gasteiger partial charge on any atom is -0.462 e. The molecule has 0 aliphatic rings. The van der Waals surface area contributed by atoms with Crippen LogP contribution in [0.15, 0.2) is 0 Å². The molecule has 0 rings (SSSR count). The second-order valence-electron chi connectivity index (χ2n) is 16.9. The van der Waals surface area contributed by atoms with E-state index in [9.17, 15) is 14.4 Å². The molecule has 0 amide bonds. The summed E-state index contributed by atoms with van der Waals surface area (Å²) in [7, 11) is 0. The van der Waals surface area contributed by atoms with E-state index in [0.717, 1.165) is 63.7 Å². The normalized spacial score (nSPS) is 11.9. The molecule has 0 N–H and O–H groups in total. The summed E-state index contributed by atoms with van der Waals surface area (Å²) >= 11 is 0. The standard InChI is InChI=1S/C48H92O6/c1-5-7-9-11-13-14-15-16-17-18-19-20-21-22-23-24-28-32-36-40-47(50)53-43-45(42-52-46(49)39-35-31-26-12-10-8-6-2)54-48(51)41-37-33-29-25-27-30-34-38-44(3)4/h44-45H,5-43H2,1-4H3/t45-/m1/s1. The molecule has 0 heterocycles. The summed E-state index contributed by atoms with van der Waals surface area (Å²) in [6.45, 7) is 8.92. The van der Waals surface area contributed by atoms with Crippen LogP contribution in [0.1, 0.15) is 265 Å². The zero-order chi connectivity index (χ0) is 39.6. The van der Waals surface area contributed by atoms with Crippen LogP contribution in [0, 0.1) is 5.92 Å². The molecule has 0 bridgehead atoms. The summed E-state index contributed by atoms with van der Waals surface area (Å²) in [5.41, 5.74) is 0. The number of carbonyl (C=O) groups is 3. The predicted molar refractivity (Wildman–Crippen MR) is 229 cm³/mol. The van der Waals surface area contributed by atoms with E-state index in [0.29, 0.717) is 19.3 Å². The first-order chi connectivity index (χ1) is 26.4. The van der Waals surface area contributed by atoms with Gasteiger partial charge < -0.3 is 14.2 Å². The third-order valence-electron chi connectivity index (χ3n) is 10.8. The largest absolute Gasteiger partial charge is 0.462 e. The summed E-state index contributed by atoms with van der Waals surface area (Å²) in [5, 5.41) is 0. The van der Waals surface area contributed by atoms with Crippen LogP contribution in [0.3, 0.4) is 0 Å². The fourth-order valence-corrected chi connectivity index (χ4v) is 7.16. The van der Waals surface area contributed by atoms with Crippen molar-refractivity contribution in [1.82, 2.24) is 0 Å². The number of ether oxygens (including phenoxy) is 3. The molecule has 0 saturated heterocycles. The Balaban J connectivity index is 4.15. The van der Waals surface area contributed by atoms with Gasteiger partial charge in [-0.25, -0.2) is 0 Å². The Hall–Kier alpha value is -1.59. The summed E-state index contributed by atoms with van der Waals surface area (Å²) in [4.78, 5) is 37.6. The van der Waals surface area contributed by atoms with E-state index in [1.807, 2.05) is 0 Å². The average Bonchev–Trinajstić information content (AvgIpc) is 3.15. The van der Waals surface area contributed by atoms with Gasteiger partial charge in [0.05, 0.1) is 0 Å². The van der Waals surface area contributed by atoms with E-state index in [1.54, 1.807) is 0 Å². The van der Waals surface area contributed by atoms with Gasteiger partial charge in [-0.1, -0.05) is 227 Å². The maximum absolute atomic E-state index is 12.7. The van der Waals surface area contributed by atoms with Crippen LogP contribution in [-0.4, -0.2) is 37.2 Å². The summed E-state index contributed by atoms with van der Waals surface area (Å²) in [5.74, 6) is -0.0838. The van der Waals surface area contributed by atoms with Crippen LogP contribution >= 0.6 is 0 Å². The number of unbranched alkanes of at least 4 members (excludes halogenated alkanes) is 30. The van der Waals surface area contributed by atoms with Crippen LogP contribution in [0.5, 0.6) is 0 Å². The van der Waals surface area contributed by atoms with E-state index in [1.165, 1.54) is 161 Å². The van der Waals surface area contributed by atoms with E-state index in [2.05, 4.69) is 27.7 Å². The summed E-state index contributed by atoms with van der Waals surface area (Å²) in [6, 6.07) is 0. The van der Waals surface area contributed by atoms with Crippen LogP contribution in [0.4, 0.5) is 0 Å². The first-order valence-corrected chi connectivity index (χ1v) is 23.9. The quantitative estimate of drug-likeness (QED) is 0.0349. The van der Waals surface area contributed by atoms with Gasteiger partial charge in [0, 0.05) is 19.3 Å². The molecule has 1 atom stereocenters. The second kappa shape index (κ2) is 42.6. The Morgan fingerprint density at radius 2 is 0.611 bits per heavy atom. The third-order valence-corrected chi connectivity index (χ3v) is 10.8. The minimum absolute atomic E-state index is 0.0647. The van der Waals surface area contributed by atoms with Crippen LogP contribution in [0.2, 0.25) is 0 Å². The molecule has 6 heteroatoms. The molecule has 0 aliphatic heterocycles. The van der Waals surface area contributed by atoms with Crippen molar-refractivity contribution in [2.24, 2.45) is 5.92 Å². The van der Waals surface area contributed by atoms with Crippen LogP contribution in [-0.2, 0) is 28.6 Å². The molecule has 0 spiro atoms. The Bertz CT molecular complexity index is 811. The van der Waals surface area contributed by atoms with Gasteiger partial charge in [-0.2, -0.15) is 0 Å². The molecular formula is C48H92O6. The zero-order valence-corrected chi connectivity index (χ0v) is 36.7. The van der Waals surface area contributed by atoms with Crippen molar-refractivity contribution in [3.63, 3.8) is 0 Å². The summed E-state index contributed by atoms with van der Waals surface area (Å²) in [6.07, 6.45) is 42.6. The van der Waals surface area contributed by atoms with Gasteiger partial charge in [-0.15, -0.1) is 0 Å². The average molecular weight is 765 g/mol. The Morgan fingerprint density at radius 3 is 0.907 bits per heavy atom. The predicted octanol–water partition coefficient (Wildman–Crippen LogP) is 15.1. The molecule has 0 aromatic rings. The molecule has 0 unspecified atom stereocenters. The maximum atomic E-state index is 12.7. The molecule has 0 aromatic carbocycles. The van der Waals surface area contributed by atoms with Crippen molar-refractivity contribution < 1.29 is 28.6 Å². The van der Waals surface area contributed by atoms with Crippen LogP contribution in [0.25, 0.3) is 0 Å². The van der Waals surface area contributed by atoms with E-state index >= 15 is 0 Å². The molecule has 320 valence electrons. The molecule has 0 aliphatic carbocycles. The van der Waals surface area contributed by atoms with Crippen molar-refractivity contribution >= 4 is 17.9 Å². The van der Waals surface area contributed by atoms with Gasteiger partial charge in [-0.3, -0.25) is 14.4 Å². The molecule has 6 nitrogen and oxygen atoms in total. The van der Waals surface area contributed by atoms with Crippen LogP contribution < -0.4 is 0 Å². The highest BCUT2D eigenvalue weighted by molar-refractivity contribution is 5.71. The van der Waals surface area contributed by atoms with Crippen molar-refractivity contribution in [3.05, 3.63) is 0 Å². The Morgan fingerprint density at radius 1 is 0.352 bits per heavy atom. The van der Waals surface area contributed by atoms with Crippen molar-refractivity contribution in [1.29, 1.82) is 0 Å². The van der Waals surface area contributed by atoms with Gasteiger partial charge in [0.2, 0.25) is 0 Å². The molecular weight excluding hydrogens is 673 g/mol. The number of rotatable bonds is 43. The van der Waals surface area contributed by atoms with Gasteiger partial charge in [0.1, 0.15) is 13.2 Å². The fourth-order valence-electron chi connectivity index (χ4n) is 7.16. The Kier molecular flexibility index (Phi) is 41.3. The molecule has 0 fully saturated rings. The van der Waals surface area contributed by atoms with Crippen molar-refractivity contribution in [2.75, 3.05) is 13.2 Å². The highest BCUT2D eigenvalue weighted by Crippen LogP contribution is 2.16. The lowest BCUT2D eigenvalue weighted by Crippen LogP contribution is -2.30. The third kappa shape index (κ3) is 41.6. The topological polar surface area (TPSA) is 78.9 Å². The van der Waals surface area contributed by atoms with Gasteiger partial charge >= 0.3 is 17.9 Å².